The van der Waals surface area contributed by atoms with Crippen molar-refractivity contribution in [1.82, 2.24) is 0 Å². The fraction of sp³-hybridized carbons (Fsp3) is 0.556. The highest BCUT2D eigenvalue weighted by atomic mass is 16.6. The van der Waals surface area contributed by atoms with Crippen LogP contribution in [-0.4, -0.2) is 24.5 Å². The minimum atomic E-state index is -0.527. The highest BCUT2D eigenvalue weighted by molar-refractivity contribution is 5.78. The predicted octanol–water partition coefficient (Wildman–Crippen LogP) is 3.32. The third kappa shape index (κ3) is 4.58. The molecule has 120 valence electrons. The summed E-state index contributed by atoms with van der Waals surface area (Å²) >= 11 is 0. The maximum atomic E-state index is 12.2. The van der Waals surface area contributed by atoms with Crippen molar-refractivity contribution in [2.75, 3.05) is 6.61 Å². The Morgan fingerprint density at radius 3 is 2.36 bits per heavy atom. The van der Waals surface area contributed by atoms with E-state index in [1.165, 1.54) is 0 Å². The first-order valence-corrected chi connectivity index (χ1v) is 8.01. The van der Waals surface area contributed by atoms with Crippen LogP contribution < -0.4 is 4.74 Å². The van der Waals surface area contributed by atoms with Crippen LogP contribution in [0, 0.1) is 5.92 Å². The molecule has 4 heteroatoms. The molecule has 1 saturated carbocycles. The van der Waals surface area contributed by atoms with Crippen LogP contribution in [0.2, 0.25) is 0 Å². The van der Waals surface area contributed by atoms with Crippen molar-refractivity contribution in [3.63, 3.8) is 0 Å². The van der Waals surface area contributed by atoms with E-state index >= 15 is 0 Å². The summed E-state index contributed by atoms with van der Waals surface area (Å²) in [5, 5.41) is 0. The average Bonchev–Trinajstić information content (AvgIpc) is 3.00. The Bertz CT molecular complexity index is 500. The highest BCUT2D eigenvalue weighted by Gasteiger charge is 2.33. The lowest BCUT2D eigenvalue weighted by molar-refractivity contribution is -0.154. The molecule has 0 aromatic heterocycles. The molecule has 1 atom stereocenters. The number of carbonyl (C=O) groups is 2. The SMILES string of the molecule is CCOC(=O)C(Oc1ccc(CC(C)=O)cc1)C1CCCC1. The lowest BCUT2D eigenvalue weighted by atomic mass is 10.0. The third-order valence-corrected chi connectivity index (χ3v) is 3.99. The Kier molecular flexibility index (Phi) is 5.99. The molecule has 1 aliphatic carbocycles. The molecule has 2 rings (SSSR count). The molecule has 0 saturated heterocycles. The van der Waals surface area contributed by atoms with E-state index < -0.39 is 6.10 Å². The molecule has 0 amide bonds. The van der Waals surface area contributed by atoms with Crippen LogP contribution in [0.1, 0.15) is 45.1 Å². The van der Waals surface area contributed by atoms with Gasteiger partial charge in [-0.1, -0.05) is 25.0 Å². The number of benzene rings is 1. The Morgan fingerprint density at radius 2 is 1.82 bits per heavy atom. The summed E-state index contributed by atoms with van der Waals surface area (Å²) in [6.45, 7) is 3.74. The molecule has 0 heterocycles. The second-order valence-corrected chi connectivity index (χ2v) is 5.86. The lowest BCUT2D eigenvalue weighted by Crippen LogP contribution is -2.35. The summed E-state index contributed by atoms with van der Waals surface area (Å²) in [4.78, 5) is 23.3. The number of Topliss-reactive ketones (excluding diaryl/α,β-unsaturated/α-hetero) is 1. The van der Waals surface area contributed by atoms with E-state index in [0.717, 1.165) is 31.2 Å². The molecule has 1 aliphatic rings. The summed E-state index contributed by atoms with van der Waals surface area (Å²) < 4.78 is 11.1. The summed E-state index contributed by atoms with van der Waals surface area (Å²) in [7, 11) is 0. The average molecular weight is 304 g/mol. The number of ether oxygens (including phenoxy) is 2. The number of hydrogen-bond acceptors (Lipinski definition) is 4. The molecule has 0 N–H and O–H groups in total. The van der Waals surface area contributed by atoms with Crippen LogP contribution in [0.25, 0.3) is 0 Å². The second kappa shape index (κ2) is 7.97. The monoisotopic (exact) mass is 304 g/mol. The zero-order valence-electron chi connectivity index (χ0n) is 13.3. The molecule has 0 spiro atoms. The first-order valence-electron chi connectivity index (χ1n) is 8.01. The zero-order chi connectivity index (χ0) is 15.9. The van der Waals surface area contributed by atoms with Gasteiger partial charge in [0.25, 0.3) is 0 Å². The fourth-order valence-electron chi connectivity index (χ4n) is 2.94. The van der Waals surface area contributed by atoms with Gasteiger partial charge in [0.1, 0.15) is 11.5 Å². The van der Waals surface area contributed by atoms with E-state index in [1.807, 2.05) is 24.3 Å². The van der Waals surface area contributed by atoms with Crippen molar-refractivity contribution in [3.8, 4) is 5.75 Å². The standard InChI is InChI=1S/C18H24O4/c1-3-21-18(20)17(15-6-4-5-7-15)22-16-10-8-14(9-11-16)12-13(2)19/h8-11,15,17H,3-7,12H2,1-2H3. The van der Waals surface area contributed by atoms with Gasteiger partial charge in [-0.15, -0.1) is 0 Å². The van der Waals surface area contributed by atoms with E-state index in [0.29, 0.717) is 18.8 Å². The van der Waals surface area contributed by atoms with Crippen molar-refractivity contribution < 1.29 is 19.1 Å². The van der Waals surface area contributed by atoms with Gasteiger partial charge in [-0.2, -0.15) is 0 Å². The molecule has 1 fully saturated rings. The molecule has 1 aromatic carbocycles. The van der Waals surface area contributed by atoms with Crippen LogP contribution >= 0.6 is 0 Å². The van der Waals surface area contributed by atoms with Crippen LogP contribution in [0.4, 0.5) is 0 Å². The highest BCUT2D eigenvalue weighted by Crippen LogP contribution is 2.31. The quantitative estimate of drug-likeness (QED) is 0.725. The van der Waals surface area contributed by atoms with E-state index in [9.17, 15) is 9.59 Å². The molecule has 0 bridgehead atoms. The molecule has 1 unspecified atom stereocenters. The second-order valence-electron chi connectivity index (χ2n) is 5.86. The molecule has 0 radical (unpaired) electrons. The number of esters is 1. The van der Waals surface area contributed by atoms with Gasteiger partial charge in [-0.05, 0) is 44.4 Å². The summed E-state index contributed by atoms with van der Waals surface area (Å²) in [6.07, 6.45) is 4.19. The van der Waals surface area contributed by atoms with E-state index in [4.69, 9.17) is 9.47 Å². The summed E-state index contributed by atoms with van der Waals surface area (Å²) in [5.74, 6) is 0.736. The van der Waals surface area contributed by atoms with Gasteiger partial charge < -0.3 is 9.47 Å². The van der Waals surface area contributed by atoms with Gasteiger partial charge in [0.2, 0.25) is 0 Å². The Hall–Kier alpha value is -1.84. The van der Waals surface area contributed by atoms with E-state index in [2.05, 4.69) is 0 Å². The van der Waals surface area contributed by atoms with Gasteiger partial charge >= 0.3 is 5.97 Å². The fourth-order valence-corrected chi connectivity index (χ4v) is 2.94. The number of hydrogen-bond donors (Lipinski definition) is 0. The Labute approximate surface area is 131 Å². The lowest BCUT2D eigenvalue weighted by Gasteiger charge is -2.23. The maximum Gasteiger partial charge on any atom is 0.347 e. The molecule has 22 heavy (non-hydrogen) atoms. The third-order valence-electron chi connectivity index (χ3n) is 3.99. The normalized spacial score (nSPS) is 16.3. The van der Waals surface area contributed by atoms with Crippen LogP contribution in [0.5, 0.6) is 5.75 Å². The number of ketones is 1. The van der Waals surface area contributed by atoms with Crippen LogP contribution in [-0.2, 0) is 20.7 Å². The van der Waals surface area contributed by atoms with Crippen molar-refractivity contribution in [2.24, 2.45) is 5.92 Å². The largest absolute Gasteiger partial charge is 0.478 e. The van der Waals surface area contributed by atoms with Gasteiger partial charge in [0.15, 0.2) is 6.10 Å². The Balaban J connectivity index is 2.05. The molecular formula is C18H24O4. The maximum absolute atomic E-state index is 12.2. The summed E-state index contributed by atoms with van der Waals surface area (Å²) in [5.41, 5.74) is 0.952. The van der Waals surface area contributed by atoms with Gasteiger partial charge in [-0.3, -0.25) is 4.79 Å². The van der Waals surface area contributed by atoms with Crippen molar-refractivity contribution in [2.45, 2.75) is 52.1 Å². The van der Waals surface area contributed by atoms with Crippen molar-refractivity contribution in [1.29, 1.82) is 0 Å². The van der Waals surface area contributed by atoms with Crippen molar-refractivity contribution >= 4 is 11.8 Å². The number of rotatable bonds is 7. The zero-order valence-corrected chi connectivity index (χ0v) is 13.3. The van der Waals surface area contributed by atoms with E-state index in [-0.39, 0.29) is 17.7 Å². The van der Waals surface area contributed by atoms with Gasteiger partial charge in [0, 0.05) is 12.3 Å². The van der Waals surface area contributed by atoms with E-state index in [1.54, 1.807) is 13.8 Å². The van der Waals surface area contributed by atoms with Crippen LogP contribution in [0.15, 0.2) is 24.3 Å². The Morgan fingerprint density at radius 1 is 1.18 bits per heavy atom. The number of carbonyl (C=O) groups excluding carboxylic acids is 2. The topological polar surface area (TPSA) is 52.6 Å². The van der Waals surface area contributed by atoms with Gasteiger partial charge in [0.05, 0.1) is 6.61 Å². The minimum absolute atomic E-state index is 0.129. The first kappa shape index (κ1) is 16.5. The molecule has 0 aliphatic heterocycles. The molecular weight excluding hydrogens is 280 g/mol. The smallest absolute Gasteiger partial charge is 0.347 e. The van der Waals surface area contributed by atoms with Crippen molar-refractivity contribution in [3.05, 3.63) is 29.8 Å². The minimum Gasteiger partial charge on any atom is -0.478 e. The summed E-state index contributed by atoms with van der Waals surface area (Å²) in [6, 6.07) is 7.38. The first-order chi connectivity index (χ1) is 10.6. The van der Waals surface area contributed by atoms with Gasteiger partial charge in [-0.25, -0.2) is 4.79 Å². The molecule has 1 aromatic rings. The molecule has 4 nitrogen and oxygen atoms in total. The van der Waals surface area contributed by atoms with Crippen LogP contribution in [0.3, 0.4) is 0 Å². The predicted molar refractivity (Wildman–Crippen MR) is 83.8 cm³/mol.